The minimum atomic E-state index is -0.0161. The molecule has 1 saturated heterocycles. The van der Waals surface area contributed by atoms with E-state index in [1.54, 1.807) is 6.33 Å². The largest absolute Gasteiger partial charge is 0.368 e. The molecular formula is C21H23N7O. The number of aromatic amines is 1. The summed E-state index contributed by atoms with van der Waals surface area (Å²) in [5.41, 5.74) is 5.59. The molecule has 1 aliphatic heterocycles. The SMILES string of the molecule is CCc1cc2ncc(CN3CCN(c4ccc5nncn5c4)CC3)cc2[nH]c1=O. The Balaban J connectivity index is 1.27. The van der Waals surface area contributed by atoms with E-state index in [0.29, 0.717) is 6.42 Å². The number of hydrogen-bond donors (Lipinski definition) is 1. The van der Waals surface area contributed by atoms with Crippen molar-refractivity contribution in [1.29, 1.82) is 0 Å². The molecule has 8 nitrogen and oxygen atoms in total. The number of fused-ring (bicyclic) bond motifs is 2. The summed E-state index contributed by atoms with van der Waals surface area (Å²) < 4.78 is 1.95. The summed E-state index contributed by atoms with van der Waals surface area (Å²) >= 11 is 0. The van der Waals surface area contributed by atoms with E-state index in [0.717, 1.165) is 60.5 Å². The van der Waals surface area contributed by atoms with Gasteiger partial charge in [-0.05, 0) is 36.2 Å². The van der Waals surface area contributed by atoms with Crippen LogP contribution in [0.25, 0.3) is 16.7 Å². The lowest BCUT2D eigenvalue weighted by Gasteiger charge is -2.36. The van der Waals surface area contributed by atoms with Crippen LogP contribution in [0.2, 0.25) is 0 Å². The number of nitrogens with one attached hydrogen (secondary N) is 1. The zero-order chi connectivity index (χ0) is 19.8. The summed E-state index contributed by atoms with van der Waals surface area (Å²) in [6.07, 6.45) is 6.45. The highest BCUT2D eigenvalue weighted by Crippen LogP contribution is 2.19. The predicted molar refractivity (Wildman–Crippen MR) is 112 cm³/mol. The number of aromatic nitrogens is 5. The molecule has 0 atom stereocenters. The highest BCUT2D eigenvalue weighted by Gasteiger charge is 2.18. The van der Waals surface area contributed by atoms with Gasteiger partial charge in [-0.1, -0.05) is 6.92 Å². The lowest BCUT2D eigenvalue weighted by Crippen LogP contribution is -2.46. The first-order chi connectivity index (χ1) is 14.2. The highest BCUT2D eigenvalue weighted by molar-refractivity contribution is 5.74. The Morgan fingerprint density at radius 1 is 1.14 bits per heavy atom. The number of nitrogens with zero attached hydrogens (tertiary/aromatic N) is 6. The van der Waals surface area contributed by atoms with Crippen molar-refractivity contribution < 1.29 is 0 Å². The Hall–Kier alpha value is -3.26. The summed E-state index contributed by atoms with van der Waals surface area (Å²) in [7, 11) is 0. The third kappa shape index (κ3) is 3.47. The van der Waals surface area contributed by atoms with E-state index < -0.39 is 0 Å². The summed E-state index contributed by atoms with van der Waals surface area (Å²) in [4.78, 5) is 24.4. The molecule has 1 fully saturated rings. The molecule has 5 heterocycles. The van der Waals surface area contributed by atoms with Crippen LogP contribution >= 0.6 is 0 Å². The van der Waals surface area contributed by atoms with Gasteiger partial charge in [0.1, 0.15) is 6.33 Å². The second-order valence-electron chi connectivity index (χ2n) is 7.50. The zero-order valence-electron chi connectivity index (χ0n) is 16.4. The van der Waals surface area contributed by atoms with Gasteiger partial charge in [-0.2, -0.15) is 0 Å². The topological polar surface area (TPSA) is 82.4 Å². The van der Waals surface area contributed by atoms with Gasteiger partial charge in [0.2, 0.25) is 0 Å². The van der Waals surface area contributed by atoms with Crippen LogP contribution in [0.3, 0.4) is 0 Å². The summed E-state index contributed by atoms with van der Waals surface area (Å²) in [6, 6.07) is 8.05. The maximum absolute atomic E-state index is 12.1. The van der Waals surface area contributed by atoms with Crippen molar-refractivity contribution in [2.24, 2.45) is 0 Å². The van der Waals surface area contributed by atoms with E-state index in [1.165, 1.54) is 5.69 Å². The van der Waals surface area contributed by atoms with Crippen LogP contribution in [0.1, 0.15) is 18.1 Å². The second kappa shape index (κ2) is 7.29. The molecular weight excluding hydrogens is 366 g/mol. The van der Waals surface area contributed by atoms with Gasteiger partial charge in [-0.15, -0.1) is 10.2 Å². The number of H-pyrrole nitrogens is 1. The quantitative estimate of drug-likeness (QED) is 0.574. The molecule has 1 aliphatic rings. The van der Waals surface area contributed by atoms with Crippen molar-refractivity contribution in [3.8, 4) is 0 Å². The van der Waals surface area contributed by atoms with Crippen molar-refractivity contribution in [2.45, 2.75) is 19.9 Å². The number of pyridine rings is 3. The summed E-state index contributed by atoms with van der Waals surface area (Å²) in [5, 5.41) is 8.00. The molecule has 0 amide bonds. The molecule has 4 aromatic heterocycles. The van der Waals surface area contributed by atoms with Crippen molar-refractivity contribution in [2.75, 3.05) is 31.1 Å². The van der Waals surface area contributed by atoms with Gasteiger partial charge in [0, 0.05) is 50.7 Å². The third-order valence-electron chi connectivity index (χ3n) is 5.63. The van der Waals surface area contributed by atoms with Gasteiger partial charge in [0.15, 0.2) is 5.65 Å². The highest BCUT2D eigenvalue weighted by atomic mass is 16.1. The molecule has 1 N–H and O–H groups in total. The molecule has 0 spiro atoms. The van der Waals surface area contributed by atoms with Crippen LogP contribution in [0, 0.1) is 0 Å². The lowest BCUT2D eigenvalue weighted by atomic mass is 10.1. The first-order valence-electron chi connectivity index (χ1n) is 9.97. The van der Waals surface area contributed by atoms with Crippen LogP contribution in [0.4, 0.5) is 5.69 Å². The fourth-order valence-electron chi connectivity index (χ4n) is 3.94. The van der Waals surface area contributed by atoms with Crippen molar-refractivity contribution in [1.82, 2.24) is 29.5 Å². The van der Waals surface area contributed by atoms with Crippen LogP contribution < -0.4 is 10.5 Å². The number of anilines is 1. The fourth-order valence-corrected chi connectivity index (χ4v) is 3.94. The van der Waals surface area contributed by atoms with Gasteiger partial charge in [-0.3, -0.25) is 19.1 Å². The van der Waals surface area contributed by atoms with Gasteiger partial charge in [-0.25, -0.2) is 0 Å². The molecule has 4 aromatic rings. The number of rotatable bonds is 4. The van der Waals surface area contributed by atoms with Crippen LogP contribution in [0.5, 0.6) is 0 Å². The Morgan fingerprint density at radius 3 is 2.83 bits per heavy atom. The standard InChI is InChI=1S/C21H23N7O/c1-2-16-10-18-19(24-21(16)29)9-15(11-22-18)12-26-5-7-27(8-6-26)17-3-4-20-25-23-14-28(20)13-17/h3-4,9-11,13-14H,2,5-8,12H2,1H3,(H,24,29). The van der Waals surface area contributed by atoms with Crippen LogP contribution in [-0.4, -0.2) is 55.6 Å². The predicted octanol–water partition coefficient (Wildman–Crippen LogP) is 1.85. The van der Waals surface area contributed by atoms with Gasteiger partial charge in [0.25, 0.3) is 5.56 Å². The molecule has 0 radical (unpaired) electrons. The maximum Gasteiger partial charge on any atom is 0.251 e. The Labute approximate surface area is 167 Å². The van der Waals surface area contributed by atoms with E-state index in [9.17, 15) is 4.79 Å². The lowest BCUT2D eigenvalue weighted by molar-refractivity contribution is 0.249. The van der Waals surface area contributed by atoms with Gasteiger partial charge < -0.3 is 9.88 Å². The first-order valence-corrected chi connectivity index (χ1v) is 9.97. The third-order valence-corrected chi connectivity index (χ3v) is 5.63. The minimum absolute atomic E-state index is 0.0161. The molecule has 0 unspecified atom stereocenters. The molecule has 0 aliphatic carbocycles. The fraction of sp³-hybridized carbons (Fsp3) is 0.333. The molecule has 8 heteroatoms. The Kier molecular flexibility index (Phi) is 4.48. The summed E-state index contributed by atoms with van der Waals surface area (Å²) in [6.45, 7) is 6.69. The maximum atomic E-state index is 12.1. The Bertz CT molecular complexity index is 1220. The average Bonchev–Trinajstić information content (AvgIpc) is 3.21. The second-order valence-corrected chi connectivity index (χ2v) is 7.50. The number of aryl methyl sites for hydroxylation is 1. The van der Waals surface area contributed by atoms with Crippen molar-refractivity contribution in [3.05, 3.63) is 64.5 Å². The monoisotopic (exact) mass is 389 g/mol. The molecule has 148 valence electrons. The summed E-state index contributed by atoms with van der Waals surface area (Å²) in [5.74, 6) is 0. The normalized spacial score (nSPS) is 15.4. The van der Waals surface area contributed by atoms with E-state index in [4.69, 9.17) is 0 Å². The average molecular weight is 389 g/mol. The van der Waals surface area contributed by atoms with E-state index in [2.05, 4.69) is 48.3 Å². The molecule has 0 bridgehead atoms. The number of hydrogen-bond acceptors (Lipinski definition) is 6. The van der Waals surface area contributed by atoms with Crippen molar-refractivity contribution >= 4 is 22.4 Å². The number of piperazine rings is 1. The zero-order valence-corrected chi connectivity index (χ0v) is 16.4. The van der Waals surface area contributed by atoms with Crippen molar-refractivity contribution in [3.63, 3.8) is 0 Å². The smallest absolute Gasteiger partial charge is 0.251 e. The molecule has 0 aromatic carbocycles. The minimum Gasteiger partial charge on any atom is -0.368 e. The van der Waals surface area contributed by atoms with E-state index >= 15 is 0 Å². The molecule has 29 heavy (non-hydrogen) atoms. The van der Waals surface area contributed by atoms with Crippen LogP contribution in [-0.2, 0) is 13.0 Å². The van der Waals surface area contributed by atoms with Crippen LogP contribution in [0.15, 0.2) is 47.8 Å². The van der Waals surface area contributed by atoms with E-state index in [-0.39, 0.29) is 5.56 Å². The van der Waals surface area contributed by atoms with Gasteiger partial charge >= 0.3 is 0 Å². The van der Waals surface area contributed by atoms with E-state index in [1.807, 2.05) is 29.7 Å². The Morgan fingerprint density at radius 2 is 2.00 bits per heavy atom. The first kappa shape index (κ1) is 17.8. The molecule has 0 saturated carbocycles. The van der Waals surface area contributed by atoms with Gasteiger partial charge in [0.05, 0.1) is 16.7 Å². The molecule has 5 rings (SSSR count).